The minimum absolute atomic E-state index is 0.658. The zero-order valence-corrected chi connectivity index (χ0v) is 47.2. The van der Waals surface area contributed by atoms with Gasteiger partial charge in [-0.25, -0.2) is 9.97 Å². The van der Waals surface area contributed by atoms with Crippen molar-refractivity contribution in [2.75, 3.05) is 0 Å². The monoisotopic (exact) mass is 1120 g/mol. The fourth-order valence-corrected chi connectivity index (χ4v) is 17.0. The van der Waals surface area contributed by atoms with Crippen LogP contribution in [-0.4, -0.2) is 23.7 Å². The number of hydrogen-bond acceptors (Lipinski definition) is 5. The van der Waals surface area contributed by atoms with E-state index in [1.807, 2.05) is 34.0 Å². The molecule has 0 amide bonds. The Morgan fingerprint density at radius 1 is 0.214 bits per heavy atom. The van der Waals surface area contributed by atoms with Crippen molar-refractivity contribution in [3.05, 3.63) is 261 Å². The van der Waals surface area contributed by atoms with Gasteiger partial charge in [-0.15, -0.1) is 34.0 Å². The van der Waals surface area contributed by atoms with Gasteiger partial charge in [-0.1, -0.05) is 133 Å². The maximum atomic E-state index is 5.54. The summed E-state index contributed by atoms with van der Waals surface area (Å²) in [6.07, 6.45) is 0. The average molecular weight is 1120 g/mol. The smallest absolute Gasteiger partial charge is 0.160 e. The number of aromatic nitrogens is 5. The zero-order chi connectivity index (χ0) is 54.7. The van der Waals surface area contributed by atoms with Crippen LogP contribution in [0.5, 0.6) is 0 Å². The Bertz CT molecular complexity index is 5750. The molecule has 0 aliphatic carbocycles. The predicted molar refractivity (Wildman–Crippen MR) is 360 cm³/mol. The fraction of sp³-hybridized carbons (Fsp3) is 0. The van der Waals surface area contributed by atoms with E-state index in [9.17, 15) is 0 Å². The second kappa shape index (κ2) is 17.6. The molecule has 7 aromatic heterocycles. The Kier molecular flexibility index (Phi) is 9.75. The highest BCUT2D eigenvalue weighted by atomic mass is 32.1. The first-order valence-corrected chi connectivity index (χ1v) is 30.8. The number of para-hydroxylation sites is 3. The second-order valence-corrected chi connectivity index (χ2v) is 25.3. The van der Waals surface area contributed by atoms with Crippen LogP contribution >= 0.6 is 34.0 Å². The first-order chi connectivity index (χ1) is 41.6. The molecule has 0 aliphatic heterocycles. The standard InChI is InChI=1S/C76H43N5S3/c1-7-25-64-50(19-1)56-40-73-59(53-22-4-10-28-70(53)82-73)37-67(56)79(64)47-33-31-44(32-34-47)76-77-62(45-15-13-17-48(35-45)80-65-26-8-2-20-51(65)57-41-74-60(38-68(57)80)54-23-5-11-29-71(54)83-74)43-63(78-76)46-16-14-18-49(36-46)81-66-27-9-3-21-52(66)58-42-75-61(39-69(58)81)55-24-6-12-30-72(55)84-75/h1-43H. The number of thiophene rings is 3. The predicted octanol–water partition coefficient (Wildman–Crippen LogP) is 21.9. The molecule has 0 radical (unpaired) electrons. The van der Waals surface area contributed by atoms with Gasteiger partial charge in [-0.2, -0.15) is 0 Å². The summed E-state index contributed by atoms with van der Waals surface area (Å²) < 4.78 is 15.1. The highest BCUT2D eigenvalue weighted by molar-refractivity contribution is 7.26. The summed E-state index contributed by atoms with van der Waals surface area (Å²) in [4.78, 5) is 11.1. The van der Waals surface area contributed by atoms with E-state index in [-0.39, 0.29) is 0 Å². The van der Waals surface area contributed by atoms with Gasteiger partial charge in [0.2, 0.25) is 0 Å². The molecule has 0 saturated heterocycles. The Hall–Kier alpha value is -10.2. The molecule has 0 bridgehead atoms. The van der Waals surface area contributed by atoms with Crippen molar-refractivity contribution in [1.29, 1.82) is 0 Å². The normalized spacial score (nSPS) is 12.3. The Labute approximate surface area is 492 Å². The minimum atomic E-state index is 0.658. The SMILES string of the molecule is c1cc(-c2cc(-c3cccc(-n4c5ccccc5c5cc6sc7ccccc7c6cc54)c3)nc(-c3ccc(-n4c5ccccc5c5cc6sc7ccccc7c6cc54)cc3)n2)cc(-n2c3ccccc3c3cc4sc5ccccc5c4cc32)c1. The Morgan fingerprint density at radius 2 is 0.571 bits per heavy atom. The third kappa shape index (κ3) is 6.81. The van der Waals surface area contributed by atoms with Crippen LogP contribution in [0.2, 0.25) is 0 Å². The fourth-order valence-electron chi connectivity index (χ4n) is 13.6. The van der Waals surface area contributed by atoms with Crippen molar-refractivity contribution in [1.82, 2.24) is 23.7 Å². The third-order valence-electron chi connectivity index (χ3n) is 17.4. The van der Waals surface area contributed by atoms with Crippen molar-refractivity contribution in [2.45, 2.75) is 0 Å². The van der Waals surface area contributed by atoms with Gasteiger partial charge in [-0.3, -0.25) is 0 Å². The summed E-state index contributed by atoms with van der Waals surface area (Å²) in [5.74, 6) is 0.658. The van der Waals surface area contributed by atoms with Gasteiger partial charge < -0.3 is 13.7 Å². The molecule has 0 aliphatic rings. The quantitative estimate of drug-likeness (QED) is 0.166. The summed E-state index contributed by atoms with van der Waals surface area (Å²) in [5.41, 5.74) is 14.9. The summed E-state index contributed by atoms with van der Waals surface area (Å²) in [6.45, 7) is 0. The molecule has 390 valence electrons. The van der Waals surface area contributed by atoms with Crippen LogP contribution in [0.4, 0.5) is 0 Å². The highest BCUT2D eigenvalue weighted by Gasteiger charge is 2.21. The van der Waals surface area contributed by atoms with Crippen LogP contribution in [0.25, 0.3) is 177 Å². The molecule has 0 unspecified atom stereocenters. The molecule has 8 heteroatoms. The first kappa shape index (κ1) is 46.4. The van der Waals surface area contributed by atoms with E-state index in [0.29, 0.717) is 5.82 Å². The molecule has 7 heterocycles. The van der Waals surface area contributed by atoms with Crippen LogP contribution in [0.1, 0.15) is 0 Å². The van der Waals surface area contributed by atoms with E-state index in [0.717, 1.165) is 45.1 Å². The lowest BCUT2D eigenvalue weighted by Gasteiger charge is -2.14. The van der Waals surface area contributed by atoms with Crippen LogP contribution in [0.3, 0.4) is 0 Å². The third-order valence-corrected chi connectivity index (χ3v) is 20.8. The maximum Gasteiger partial charge on any atom is 0.160 e. The molecule has 0 atom stereocenters. The first-order valence-electron chi connectivity index (χ1n) is 28.4. The lowest BCUT2D eigenvalue weighted by molar-refractivity contribution is 1.15. The van der Waals surface area contributed by atoms with E-state index in [1.165, 1.54) is 126 Å². The molecule has 0 N–H and O–H groups in total. The van der Waals surface area contributed by atoms with Crippen LogP contribution in [-0.2, 0) is 0 Å². The molecule has 0 fully saturated rings. The van der Waals surface area contributed by atoms with Crippen molar-refractivity contribution in [2.24, 2.45) is 0 Å². The molecule has 0 spiro atoms. The van der Waals surface area contributed by atoms with Gasteiger partial charge in [0.1, 0.15) is 0 Å². The summed E-state index contributed by atoms with van der Waals surface area (Å²) in [6, 6.07) is 96.0. The molecular weight excluding hydrogens is 1080 g/mol. The van der Waals surface area contributed by atoms with Crippen LogP contribution < -0.4 is 0 Å². The van der Waals surface area contributed by atoms with Gasteiger partial charge in [-0.05, 0) is 127 Å². The maximum absolute atomic E-state index is 5.54. The van der Waals surface area contributed by atoms with Crippen molar-refractivity contribution in [3.63, 3.8) is 0 Å². The number of nitrogens with zero attached hydrogens (tertiary/aromatic N) is 5. The van der Waals surface area contributed by atoms with Gasteiger partial charge >= 0.3 is 0 Å². The number of hydrogen-bond donors (Lipinski definition) is 0. The largest absolute Gasteiger partial charge is 0.309 e. The van der Waals surface area contributed by atoms with E-state index >= 15 is 0 Å². The van der Waals surface area contributed by atoms with Gasteiger partial charge in [0.05, 0.1) is 44.5 Å². The van der Waals surface area contributed by atoms with E-state index in [4.69, 9.17) is 9.97 Å². The van der Waals surface area contributed by atoms with E-state index in [1.54, 1.807) is 0 Å². The number of rotatable bonds is 6. The molecule has 19 aromatic rings. The van der Waals surface area contributed by atoms with Gasteiger partial charge in [0.25, 0.3) is 0 Å². The summed E-state index contributed by atoms with van der Waals surface area (Å²) >= 11 is 5.60. The average Bonchev–Trinajstić information content (AvgIpc) is 2.42. The minimum Gasteiger partial charge on any atom is -0.309 e. The molecule has 12 aromatic carbocycles. The summed E-state index contributed by atoms with van der Waals surface area (Å²) in [5, 5.41) is 15.2. The zero-order valence-electron chi connectivity index (χ0n) is 44.8. The lowest BCUT2D eigenvalue weighted by atomic mass is 10.0. The van der Waals surface area contributed by atoms with Crippen molar-refractivity contribution >= 4 is 160 Å². The lowest BCUT2D eigenvalue weighted by Crippen LogP contribution is -1.99. The van der Waals surface area contributed by atoms with E-state index < -0.39 is 0 Å². The molecule has 84 heavy (non-hydrogen) atoms. The highest BCUT2D eigenvalue weighted by Crippen LogP contribution is 2.45. The Morgan fingerprint density at radius 3 is 0.976 bits per heavy atom. The van der Waals surface area contributed by atoms with Gasteiger partial charge in [0, 0.05) is 127 Å². The van der Waals surface area contributed by atoms with E-state index in [2.05, 4.69) is 275 Å². The van der Waals surface area contributed by atoms with Crippen molar-refractivity contribution in [3.8, 4) is 51.0 Å². The Balaban J connectivity index is 0.797. The van der Waals surface area contributed by atoms with Gasteiger partial charge in [0.15, 0.2) is 5.82 Å². The molecule has 5 nitrogen and oxygen atoms in total. The van der Waals surface area contributed by atoms with Crippen LogP contribution in [0, 0.1) is 0 Å². The topological polar surface area (TPSA) is 40.6 Å². The summed E-state index contributed by atoms with van der Waals surface area (Å²) in [7, 11) is 0. The molecule has 19 rings (SSSR count). The molecule has 0 saturated carbocycles. The second-order valence-electron chi connectivity index (χ2n) is 22.1. The van der Waals surface area contributed by atoms with Crippen LogP contribution in [0.15, 0.2) is 261 Å². The number of fused-ring (bicyclic) bond motifs is 18. The van der Waals surface area contributed by atoms with Crippen molar-refractivity contribution < 1.29 is 0 Å². The molecular formula is C76H43N5S3. The number of benzene rings is 12.